The molecule has 0 atom stereocenters. The molecule has 2 aromatic heterocycles. The van der Waals surface area contributed by atoms with Crippen LogP contribution in [0.25, 0.3) is 0 Å². The van der Waals surface area contributed by atoms with Crippen molar-refractivity contribution in [3.05, 3.63) is 28.6 Å². The highest BCUT2D eigenvalue weighted by Crippen LogP contribution is 2.12. The van der Waals surface area contributed by atoms with Gasteiger partial charge in [-0.2, -0.15) is 0 Å². The van der Waals surface area contributed by atoms with Gasteiger partial charge in [-0.1, -0.05) is 16.8 Å². The summed E-state index contributed by atoms with van der Waals surface area (Å²) in [7, 11) is 1.77. The van der Waals surface area contributed by atoms with Crippen molar-refractivity contribution in [2.75, 3.05) is 6.54 Å². The van der Waals surface area contributed by atoms with Gasteiger partial charge in [0.15, 0.2) is 5.69 Å². The van der Waals surface area contributed by atoms with Crippen molar-refractivity contribution in [1.29, 1.82) is 0 Å². The Labute approximate surface area is 113 Å². The minimum atomic E-state index is -1.12. The lowest BCUT2D eigenvalue weighted by Crippen LogP contribution is -2.15. The van der Waals surface area contributed by atoms with Crippen LogP contribution in [0.3, 0.4) is 0 Å². The minimum Gasteiger partial charge on any atom is -0.476 e. The molecule has 0 spiro atoms. The van der Waals surface area contributed by atoms with Crippen LogP contribution < -0.4 is 5.73 Å². The Morgan fingerprint density at radius 3 is 2.84 bits per heavy atom. The van der Waals surface area contributed by atoms with E-state index < -0.39 is 5.97 Å². The van der Waals surface area contributed by atoms with Gasteiger partial charge in [0.1, 0.15) is 17.5 Å². The fourth-order valence-corrected chi connectivity index (χ4v) is 1.86. The van der Waals surface area contributed by atoms with E-state index in [0.717, 1.165) is 0 Å². The number of imidazole rings is 1. The summed E-state index contributed by atoms with van der Waals surface area (Å²) in [4.78, 5) is 15.2. The number of carbonyl (C=O) groups is 1. The second kappa shape index (κ2) is 5.37. The quantitative estimate of drug-likeness (QED) is 0.794. The van der Waals surface area contributed by atoms with E-state index in [9.17, 15) is 4.79 Å². The van der Waals surface area contributed by atoms with Crippen LogP contribution in [-0.4, -0.2) is 42.2 Å². The molecule has 2 aromatic rings. The van der Waals surface area contributed by atoms with Gasteiger partial charge in [0.2, 0.25) is 0 Å². The molecular weight excluding hydrogens is 272 g/mol. The number of nitrogens with zero attached hydrogens (tertiary/aromatic N) is 5. The van der Waals surface area contributed by atoms with Crippen molar-refractivity contribution in [3.8, 4) is 0 Å². The molecule has 0 bridgehead atoms. The molecule has 3 N–H and O–H groups in total. The molecule has 0 radical (unpaired) electrons. The smallest absolute Gasteiger partial charge is 0.358 e. The summed E-state index contributed by atoms with van der Waals surface area (Å²) in [5.74, 6) is -0.460. The first-order valence-corrected chi connectivity index (χ1v) is 5.94. The van der Waals surface area contributed by atoms with Gasteiger partial charge in [0.25, 0.3) is 0 Å². The SMILES string of the molecule is Cn1c(Cl)cnc1Cn1nnc(C(=O)O)c1CCN. The van der Waals surface area contributed by atoms with Crippen LogP contribution >= 0.6 is 11.6 Å². The lowest BCUT2D eigenvalue weighted by Gasteiger charge is -2.06. The van der Waals surface area contributed by atoms with Crippen LogP contribution in [0, 0.1) is 0 Å². The summed E-state index contributed by atoms with van der Waals surface area (Å²) in [6.07, 6.45) is 1.90. The number of nitrogens with two attached hydrogens (primary N) is 1. The van der Waals surface area contributed by atoms with Gasteiger partial charge in [-0.05, 0) is 6.54 Å². The predicted octanol–water partition coefficient (Wildman–Crippen LogP) is -0.0873. The average molecular weight is 285 g/mol. The second-order valence-corrected chi connectivity index (χ2v) is 4.33. The Balaban J connectivity index is 2.34. The van der Waals surface area contributed by atoms with Gasteiger partial charge in [-0.25, -0.2) is 14.5 Å². The van der Waals surface area contributed by atoms with Crippen molar-refractivity contribution >= 4 is 17.6 Å². The second-order valence-electron chi connectivity index (χ2n) is 3.94. The minimum absolute atomic E-state index is 0.0780. The molecule has 9 heteroatoms. The molecule has 8 nitrogen and oxygen atoms in total. The van der Waals surface area contributed by atoms with Crippen LogP contribution in [0.2, 0.25) is 5.15 Å². The molecule has 2 heterocycles. The van der Waals surface area contributed by atoms with Gasteiger partial charge in [-0.3, -0.25) is 0 Å². The highest BCUT2D eigenvalue weighted by atomic mass is 35.5. The number of rotatable bonds is 5. The van der Waals surface area contributed by atoms with E-state index in [1.54, 1.807) is 11.6 Å². The van der Waals surface area contributed by atoms with Gasteiger partial charge in [-0.15, -0.1) is 5.10 Å². The van der Waals surface area contributed by atoms with E-state index in [1.807, 2.05) is 0 Å². The highest BCUT2D eigenvalue weighted by Gasteiger charge is 2.19. The van der Waals surface area contributed by atoms with Gasteiger partial charge in [0.05, 0.1) is 11.9 Å². The maximum Gasteiger partial charge on any atom is 0.358 e. The van der Waals surface area contributed by atoms with Crippen molar-refractivity contribution < 1.29 is 9.90 Å². The van der Waals surface area contributed by atoms with E-state index in [-0.39, 0.29) is 5.69 Å². The molecule has 102 valence electrons. The number of aromatic nitrogens is 5. The highest BCUT2D eigenvalue weighted by molar-refractivity contribution is 6.29. The molecule has 0 aliphatic carbocycles. The van der Waals surface area contributed by atoms with E-state index in [1.165, 1.54) is 10.9 Å². The molecule has 0 saturated heterocycles. The lowest BCUT2D eigenvalue weighted by atomic mass is 10.2. The van der Waals surface area contributed by atoms with Gasteiger partial charge >= 0.3 is 5.97 Å². The largest absolute Gasteiger partial charge is 0.476 e. The number of halogens is 1. The van der Waals surface area contributed by atoms with Crippen LogP contribution in [0.15, 0.2) is 6.20 Å². The van der Waals surface area contributed by atoms with E-state index >= 15 is 0 Å². The first-order valence-electron chi connectivity index (χ1n) is 5.56. The Morgan fingerprint density at radius 1 is 1.58 bits per heavy atom. The summed E-state index contributed by atoms with van der Waals surface area (Å²) >= 11 is 5.89. The standard InChI is InChI=1S/C10H13ClN6O2/c1-16-7(11)4-13-8(16)5-17-6(2-3-12)9(10(18)19)14-15-17/h4H,2-3,5,12H2,1H3,(H,18,19). The summed E-state index contributed by atoms with van der Waals surface area (Å²) in [5, 5.41) is 17.0. The molecule has 0 amide bonds. The zero-order chi connectivity index (χ0) is 14.0. The fourth-order valence-electron chi connectivity index (χ4n) is 1.72. The number of aromatic carboxylic acids is 1. The molecule has 0 aromatic carbocycles. The van der Waals surface area contributed by atoms with E-state index in [0.29, 0.717) is 36.2 Å². The van der Waals surface area contributed by atoms with Crippen molar-refractivity contribution in [3.63, 3.8) is 0 Å². The number of hydrogen-bond donors (Lipinski definition) is 2. The molecule has 0 saturated carbocycles. The zero-order valence-electron chi connectivity index (χ0n) is 10.2. The summed E-state index contributed by atoms with van der Waals surface area (Å²) in [6, 6.07) is 0. The third-order valence-corrected chi connectivity index (χ3v) is 3.09. The molecule has 0 aliphatic rings. The molecule has 0 aliphatic heterocycles. The maximum atomic E-state index is 11.0. The van der Waals surface area contributed by atoms with Crippen molar-refractivity contribution in [2.45, 2.75) is 13.0 Å². The third-order valence-electron chi connectivity index (χ3n) is 2.74. The lowest BCUT2D eigenvalue weighted by molar-refractivity contribution is 0.0689. The monoisotopic (exact) mass is 284 g/mol. The molecule has 2 rings (SSSR count). The topological polar surface area (TPSA) is 112 Å². The summed E-state index contributed by atoms with van der Waals surface area (Å²) in [6.45, 7) is 0.605. The molecule has 0 unspecified atom stereocenters. The van der Waals surface area contributed by atoms with Gasteiger partial charge in [0, 0.05) is 13.5 Å². The average Bonchev–Trinajstić information content (AvgIpc) is 2.89. The summed E-state index contributed by atoms with van der Waals surface area (Å²) < 4.78 is 3.17. The van der Waals surface area contributed by atoms with E-state index in [2.05, 4.69) is 15.3 Å². The number of hydrogen-bond acceptors (Lipinski definition) is 5. The number of carboxylic acids is 1. The Hall–Kier alpha value is -1.93. The Bertz CT molecular complexity index is 605. The van der Waals surface area contributed by atoms with Gasteiger partial charge < -0.3 is 15.4 Å². The molecular formula is C10H13ClN6O2. The first kappa shape index (κ1) is 13.5. The van der Waals surface area contributed by atoms with Crippen LogP contribution in [0.4, 0.5) is 0 Å². The van der Waals surface area contributed by atoms with Crippen LogP contribution in [0.5, 0.6) is 0 Å². The molecule has 19 heavy (non-hydrogen) atoms. The normalized spacial score (nSPS) is 10.9. The fraction of sp³-hybridized carbons (Fsp3) is 0.400. The predicted molar refractivity (Wildman–Crippen MR) is 67.1 cm³/mol. The summed E-state index contributed by atoms with van der Waals surface area (Å²) in [5.41, 5.74) is 5.88. The van der Waals surface area contributed by atoms with Crippen LogP contribution in [-0.2, 0) is 20.0 Å². The Morgan fingerprint density at radius 2 is 2.32 bits per heavy atom. The maximum absolute atomic E-state index is 11.0. The zero-order valence-corrected chi connectivity index (χ0v) is 11.0. The Kier molecular flexibility index (Phi) is 3.82. The molecule has 0 fully saturated rings. The first-order chi connectivity index (χ1) is 9.04. The van der Waals surface area contributed by atoms with Crippen molar-refractivity contribution in [1.82, 2.24) is 24.5 Å². The van der Waals surface area contributed by atoms with E-state index in [4.69, 9.17) is 22.4 Å². The third kappa shape index (κ3) is 2.59. The number of carboxylic acid groups (broad SMARTS) is 1. The van der Waals surface area contributed by atoms with Crippen LogP contribution in [0.1, 0.15) is 22.0 Å². The van der Waals surface area contributed by atoms with Crippen molar-refractivity contribution in [2.24, 2.45) is 12.8 Å².